The van der Waals surface area contributed by atoms with Crippen molar-refractivity contribution in [1.82, 2.24) is 25.7 Å². The Morgan fingerprint density at radius 3 is 2.45 bits per heavy atom. The Bertz CT molecular complexity index is 1610. The molecule has 13 nitrogen and oxygen atoms in total. The molecule has 1 aromatic carbocycles. The van der Waals surface area contributed by atoms with Gasteiger partial charge in [0.15, 0.2) is 6.10 Å². The maximum Gasteiger partial charge on any atom is 0.314 e. The Balaban J connectivity index is 2.10. The zero-order valence-corrected chi connectivity index (χ0v) is 33.4. The third-order valence-electron chi connectivity index (χ3n) is 8.03. The van der Waals surface area contributed by atoms with Crippen molar-refractivity contribution in [2.45, 2.75) is 79.1 Å². The summed E-state index contributed by atoms with van der Waals surface area (Å²) in [7, 11) is 3.30. The molecular formula is C38H54ClN5O8S. The molecule has 2 rings (SSSR count). The number of rotatable bonds is 21. The number of aryl methyl sites for hydroxylation is 1. The zero-order chi connectivity index (χ0) is 39.7. The standard InChI is InChI=1S/C38H54ClN5O8S/c1-24(2)18-33(36(49)53-17-16-40-26(4)45)52-37(50)38(5,6)23-41-35(48)30(20-27-14-15-32(51-8)29(39)19-27)43-34(47)11-9-10-31(46)25(3)12-13-28-21-42-44(7)22-28/h9,11-15,19,21-22,24-25,30-31,33,46H,10,16-18,20,23H2,1-8H3,(H,40,45)(H,41,48)(H,43,47)/b11-9+,13-12+. The van der Waals surface area contributed by atoms with Crippen LogP contribution in [0.2, 0.25) is 5.02 Å². The number of hydrogen-bond acceptors (Lipinski definition) is 10. The van der Waals surface area contributed by atoms with E-state index in [1.807, 2.05) is 46.2 Å². The van der Waals surface area contributed by atoms with Gasteiger partial charge in [0.2, 0.25) is 22.8 Å². The van der Waals surface area contributed by atoms with Gasteiger partial charge < -0.3 is 30.5 Å². The van der Waals surface area contributed by atoms with Gasteiger partial charge in [0.1, 0.15) is 11.8 Å². The number of esters is 1. The zero-order valence-electron chi connectivity index (χ0n) is 31.8. The Labute approximate surface area is 321 Å². The number of benzene rings is 1. The maximum atomic E-state index is 13.6. The molecule has 0 radical (unpaired) electrons. The van der Waals surface area contributed by atoms with Crippen LogP contribution in [0.3, 0.4) is 0 Å². The van der Waals surface area contributed by atoms with Gasteiger partial charge in [-0.05, 0) is 56.4 Å². The van der Waals surface area contributed by atoms with E-state index in [1.165, 1.54) is 20.1 Å². The second-order valence-corrected chi connectivity index (χ2v) is 15.4. The molecule has 2 aromatic rings. The second-order valence-electron chi connectivity index (χ2n) is 13.9. The molecule has 0 aliphatic carbocycles. The number of thioether (sulfide) groups is 1. The number of aromatic nitrogens is 2. The maximum absolute atomic E-state index is 13.6. The number of carbonyl (C=O) groups excluding carboxylic acids is 5. The lowest BCUT2D eigenvalue weighted by Gasteiger charge is -2.27. The van der Waals surface area contributed by atoms with Gasteiger partial charge in [0.05, 0.1) is 29.8 Å². The molecule has 15 heteroatoms. The normalized spacial score (nSPS) is 14.1. The molecule has 0 bridgehead atoms. The molecule has 0 aliphatic rings. The molecule has 4 unspecified atom stereocenters. The van der Waals surface area contributed by atoms with Crippen molar-refractivity contribution in [2.75, 3.05) is 26.0 Å². The fraction of sp³-hybridized carbons (Fsp3) is 0.526. The lowest BCUT2D eigenvalue weighted by Crippen LogP contribution is -2.51. The van der Waals surface area contributed by atoms with Gasteiger partial charge in [-0.25, -0.2) is 0 Å². The second kappa shape index (κ2) is 22.2. The van der Waals surface area contributed by atoms with E-state index in [0.29, 0.717) is 35.1 Å². The summed E-state index contributed by atoms with van der Waals surface area (Å²) in [5, 5.41) is 22.9. The van der Waals surface area contributed by atoms with Crippen LogP contribution in [-0.4, -0.2) is 87.9 Å². The lowest BCUT2D eigenvalue weighted by molar-refractivity contribution is -0.162. The minimum atomic E-state index is -1.23. The first-order valence-electron chi connectivity index (χ1n) is 17.5. The van der Waals surface area contributed by atoms with Gasteiger partial charge in [0.25, 0.3) is 0 Å². The van der Waals surface area contributed by atoms with E-state index < -0.39 is 41.4 Å². The molecule has 292 valence electrons. The summed E-state index contributed by atoms with van der Waals surface area (Å²) in [6.07, 6.45) is 8.92. The number of aliphatic hydroxyl groups excluding tert-OH is 1. The van der Waals surface area contributed by atoms with Crippen molar-refractivity contribution in [3.8, 4) is 5.75 Å². The molecule has 4 atom stereocenters. The third-order valence-corrected chi connectivity index (χ3v) is 9.29. The molecule has 0 saturated carbocycles. The number of nitrogens with one attached hydrogen (secondary N) is 3. The van der Waals surface area contributed by atoms with Crippen LogP contribution in [0.15, 0.2) is 48.8 Å². The van der Waals surface area contributed by atoms with Crippen LogP contribution in [0.4, 0.5) is 0 Å². The first-order valence-corrected chi connectivity index (χ1v) is 18.8. The van der Waals surface area contributed by atoms with Crippen LogP contribution in [0.5, 0.6) is 5.75 Å². The SMILES string of the molecule is COc1ccc(CC(NC(=O)/C=C/CC(O)C(C)/C=C/c2cnn(C)c2)C(=O)NCC(C)(C)C(=O)OC(CC(C)C)C(=O)SCCNC(C)=O)cc1Cl. The van der Waals surface area contributed by atoms with E-state index in [0.717, 1.165) is 17.3 Å². The molecule has 53 heavy (non-hydrogen) atoms. The van der Waals surface area contributed by atoms with Crippen LogP contribution in [0.1, 0.15) is 65.5 Å². The highest BCUT2D eigenvalue weighted by Gasteiger charge is 2.35. The fourth-order valence-electron chi connectivity index (χ4n) is 4.83. The molecule has 1 heterocycles. The quantitative estimate of drug-likeness (QED) is 0.0814. The van der Waals surface area contributed by atoms with Crippen molar-refractivity contribution in [3.63, 3.8) is 0 Å². The predicted molar refractivity (Wildman–Crippen MR) is 207 cm³/mol. The van der Waals surface area contributed by atoms with Crippen molar-refractivity contribution in [1.29, 1.82) is 0 Å². The van der Waals surface area contributed by atoms with Crippen LogP contribution in [-0.2, 0) is 42.2 Å². The molecule has 0 aliphatic heterocycles. The van der Waals surface area contributed by atoms with Crippen molar-refractivity contribution in [3.05, 3.63) is 65.0 Å². The molecular weight excluding hydrogens is 722 g/mol. The van der Waals surface area contributed by atoms with Gasteiger partial charge in [-0.15, -0.1) is 0 Å². The number of halogens is 1. The average Bonchev–Trinajstić information content (AvgIpc) is 3.51. The van der Waals surface area contributed by atoms with Crippen molar-refractivity contribution in [2.24, 2.45) is 24.3 Å². The Morgan fingerprint density at radius 2 is 1.85 bits per heavy atom. The van der Waals surface area contributed by atoms with E-state index in [9.17, 15) is 29.1 Å². The Morgan fingerprint density at radius 1 is 1.13 bits per heavy atom. The Kier molecular flexibility index (Phi) is 18.8. The molecule has 3 amide bonds. The van der Waals surface area contributed by atoms with Gasteiger partial charge in [-0.1, -0.05) is 68.4 Å². The molecule has 1 aromatic heterocycles. The van der Waals surface area contributed by atoms with Gasteiger partial charge >= 0.3 is 5.97 Å². The van der Waals surface area contributed by atoms with Crippen LogP contribution in [0, 0.1) is 17.3 Å². The number of hydrogen-bond donors (Lipinski definition) is 4. The molecule has 4 N–H and O–H groups in total. The summed E-state index contributed by atoms with van der Waals surface area (Å²) in [6, 6.07) is 3.96. The van der Waals surface area contributed by atoms with Gasteiger partial charge in [-0.2, -0.15) is 5.10 Å². The highest BCUT2D eigenvalue weighted by molar-refractivity contribution is 8.13. The van der Waals surface area contributed by atoms with E-state index in [1.54, 1.807) is 49.0 Å². The number of methoxy groups -OCH3 is 1. The highest BCUT2D eigenvalue weighted by Crippen LogP contribution is 2.26. The fourth-order valence-corrected chi connectivity index (χ4v) is 5.85. The monoisotopic (exact) mass is 775 g/mol. The topological polar surface area (TPSA) is 178 Å². The summed E-state index contributed by atoms with van der Waals surface area (Å²) < 4.78 is 12.6. The average molecular weight is 776 g/mol. The van der Waals surface area contributed by atoms with E-state index in [4.69, 9.17) is 21.1 Å². The van der Waals surface area contributed by atoms with Gasteiger partial charge in [0, 0.05) is 56.9 Å². The van der Waals surface area contributed by atoms with E-state index >= 15 is 0 Å². The predicted octanol–water partition coefficient (Wildman–Crippen LogP) is 4.26. The number of ether oxygens (including phenoxy) is 2. The highest BCUT2D eigenvalue weighted by atomic mass is 35.5. The minimum Gasteiger partial charge on any atom is -0.495 e. The molecule has 0 saturated heterocycles. The molecule has 0 spiro atoms. The number of amides is 3. The summed E-state index contributed by atoms with van der Waals surface area (Å²) >= 11 is 7.31. The number of aliphatic hydroxyl groups is 1. The summed E-state index contributed by atoms with van der Waals surface area (Å²) in [4.78, 5) is 64.0. The molecule has 0 fully saturated rings. The first-order chi connectivity index (χ1) is 24.9. The van der Waals surface area contributed by atoms with E-state index in [2.05, 4.69) is 21.0 Å². The third kappa shape index (κ3) is 16.6. The number of nitrogens with zero attached hydrogens (tertiary/aromatic N) is 2. The summed E-state index contributed by atoms with van der Waals surface area (Å²) in [6.45, 7) is 10.4. The van der Waals surface area contributed by atoms with Crippen molar-refractivity contribution < 1.29 is 38.6 Å². The number of carbonyl (C=O) groups is 5. The smallest absolute Gasteiger partial charge is 0.314 e. The van der Waals surface area contributed by atoms with Crippen LogP contribution < -0.4 is 20.7 Å². The van der Waals surface area contributed by atoms with Crippen LogP contribution in [0.25, 0.3) is 6.08 Å². The largest absolute Gasteiger partial charge is 0.495 e. The lowest BCUT2D eigenvalue weighted by atomic mass is 9.93. The first kappa shape index (κ1) is 45.0. The summed E-state index contributed by atoms with van der Waals surface area (Å²) in [5.74, 6) is -1.36. The van der Waals surface area contributed by atoms with Crippen LogP contribution >= 0.6 is 23.4 Å². The minimum absolute atomic E-state index is 0.0568. The van der Waals surface area contributed by atoms with Gasteiger partial charge in [-0.3, -0.25) is 28.7 Å². The summed E-state index contributed by atoms with van der Waals surface area (Å²) in [5.41, 5.74) is 0.317. The van der Waals surface area contributed by atoms with E-state index in [-0.39, 0.29) is 42.2 Å². The Hall–Kier alpha value is -4.14. The van der Waals surface area contributed by atoms with Crippen molar-refractivity contribution >= 4 is 58.2 Å².